The van der Waals surface area contributed by atoms with Gasteiger partial charge in [-0.15, -0.1) is 0 Å². The van der Waals surface area contributed by atoms with Crippen molar-refractivity contribution in [1.82, 2.24) is 4.98 Å². The van der Waals surface area contributed by atoms with Gasteiger partial charge in [0.25, 0.3) is 6.43 Å². The molecule has 1 nitrogen and oxygen atoms in total. The minimum atomic E-state index is -4.57. The van der Waals surface area contributed by atoms with Crippen molar-refractivity contribution in [2.75, 3.05) is 0 Å². The lowest BCUT2D eigenvalue weighted by atomic mass is 10.3. The highest BCUT2D eigenvalue weighted by Gasteiger charge is 2.32. The smallest absolute Gasteiger partial charge is 0.360 e. The van der Waals surface area contributed by atoms with Crippen LogP contribution in [0.2, 0.25) is 0 Å². The molecule has 0 unspecified atom stereocenters. The Labute approximate surface area is 64.2 Å². The Bertz CT molecular complexity index is 261. The molecule has 0 atom stereocenters. The van der Waals surface area contributed by atoms with Crippen LogP contribution >= 0.6 is 0 Å². The average molecular weight is 185 g/mol. The second-order valence-corrected chi connectivity index (χ2v) is 2.14. The van der Waals surface area contributed by atoms with Gasteiger partial charge in [-0.25, -0.2) is 8.78 Å². The molecule has 0 amide bonds. The summed E-state index contributed by atoms with van der Waals surface area (Å²) in [7, 11) is 0. The molecule has 1 rings (SSSR count). The number of halogens is 5. The van der Waals surface area contributed by atoms with Crippen molar-refractivity contribution in [2.45, 2.75) is 12.6 Å². The molecule has 0 saturated heterocycles. The fourth-order valence-electron chi connectivity index (χ4n) is 0.702. The number of aromatic nitrogens is 1. The predicted octanol–water partition coefficient (Wildman–Crippen LogP) is 2.97. The molecule has 0 aliphatic carbocycles. The molecular formula is C6H4F5N. The number of alkyl halides is 5. The molecule has 0 radical (unpaired) electrons. The molecule has 0 aromatic carbocycles. The molecule has 12 heavy (non-hydrogen) atoms. The van der Waals surface area contributed by atoms with Crippen LogP contribution in [0.25, 0.3) is 0 Å². The Hall–Kier alpha value is -1.07. The molecule has 0 spiro atoms. The molecule has 68 valence electrons. The first-order valence-electron chi connectivity index (χ1n) is 2.95. The summed E-state index contributed by atoms with van der Waals surface area (Å²) in [6.07, 6.45) is -6.95. The first-order chi connectivity index (χ1) is 5.41. The van der Waals surface area contributed by atoms with Crippen molar-refractivity contribution in [2.24, 2.45) is 0 Å². The monoisotopic (exact) mass is 185 g/mol. The zero-order chi connectivity index (χ0) is 9.35. The van der Waals surface area contributed by atoms with E-state index in [-0.39, 0.29) is 0 Å². The van der Waals surface area contributed by atoms with Crippen LogP contribution in [0.5, 0.6) is 0 Å². The number of nitrogens with one attached hydrogen (secondary N) is 1. The largest absolute Gasteiger partial charge is 0.417 e. The third-order valence-electron chi connectivity index (χ3n) is 1.27. The summed E-state index contributed by atoms with van der Waals surface area (Å²) in [6, 6.07) is 0.394. The van der Waals surface area contributed by atoms with E-state index < -0.39 is 23.9 Å². The first kappa shape index (κ1) is 9.02. The molecule has 6 heteroatoms. The normalized spacial score (nSPS) is 12.5. The third kappa shape index (κ3) is 1.75. The van der Waals surface area contributed by atoms with Crippen molar-refractivity contribution < 1.29 is 22.0 Å². The van der Waals surface area contributed by atoms with E-state index in [4.69, 9.17) is 0 Å². The van der Waals surface area contributed by atoms with Crippen LogP contribution in [0, 0.1) is 0 Å². The minimum Gasteiger partial charge on any atom is -0.360 e. The Kier molecular flexibility index (Phi) is 2.08. The van der Waals surface area contributed by atoms with E-state index >= 15 is 0 Å². The van der Waals surface area contributed by atoms with E-state index in [1.165, 1.54) is 0 Å². The van der Waals surface area contributed by atoms with Crippen molar-refractivity contribution in [3.05, 3.63) is 23.5 Å². The van der Waals surface area contributed by atoms with Crippen LogP contribution in [0.1, 0.15) is 17.7 Å². The highest BCUT2D eigenvalue weighted by atomic mass is 19.4. The summed E-state index contributed by atoms with van der Waals surface area (Å²) in [5.74, 6) is 0. The Morgan fingerprint density at radius 3 is 2.08 bits per heavy atom. The summed E-state index contributed by atoms with van der Waals surface area (Å²) < 4.78 is 58.9. The Morgan fingerprint density at radius 2 is 1.83 bits per heavy atom. The van der Waals surface area contributed by atoms with E-state index in [2.05, 4.69) is 0 Å². The van der Waals surface area contributed by atoms with Gasteiger partial charge in [-0.3, -0.25) is 0 Å². The van der Waals surface area contributed by atoms with Gasteiger partial charge >= 0.3 is 6.18 Å². The van der Waals surface area contributed by atoms with Gasteiger partial charge in [0.15, 0.2) is 0 Å². The second kappa shape index (κ2) is 2.76. The maximum atomic E-state index is 11.8. The standard InChI is InChI=1S/C6H4F5N/c7-5(8)4-1-3(2-12-4)6(9,10)11/h1-2,5,12H. The molecule has 0 bridgehead atoms. The fourth-order valence-corrected chi connectivity index (χ4v) is 0.702. The average Bonchev–Trinajstić information content (AvgIpc) is 2.30. The van der Waals surface area contributed by atoms with Gasteiger partial charge in [-0.1, -0.05) is 0 Å². The zero-order valence-corrected chi connectivity index (χ0v) is 5.62. The summed E-state index contributed by atoms with van der Waals surface area (Å²) in [4.78, 5) is 1.84. The van der Waals surface area contributed by atoms with Gasteiger partial charge in [0.05, 0.1) is 11.3 Å². The first-order valence-corrected chi connectivity index (χ1v) is 2.95. The summed E-state index contributed by atoms with van der Waals surface area (Å²) in [5.41, 5.74) is -1.81. The summed E-state index contributed by atoms with van der Waals surface area (Å²) in [6.45, 7) is 0. The molecule has 1 aromatic rings. The molecule has 1 heterocycles. The lowest BCUT2D eigenvalue weighted by Gasteiger charge is -2.00. The summed E-state index contributed by atoms with van der Waals surface area (Å²) >= 11 is 0. The topological polar surface area (TPSA) is 15.8 Å². The van der Waals surface area contributed by atoms with Gasteiger partial charge in [-0.2, -0.15) is 13.2 Å². The maximum Gasteiger partial charge on any atom is 0.417 e. The number of rotatable bonds is 1. The van der Waals surface area contributed by atoms with Crippen molar-refractivity contribution >= 4 is 0 Å². The van der Waals surface area contributed by atoms with E-state index in [0.717, 1.165) is 0 Å². The van der Waals surface area contributed by atoms with Gasteiger partial charge in [0, 0.05) is 6.20 Å². The SMILES string of the molecule is FC(F)c1cc(C(F)(F)F)c[nH]1. The molecule has 0 aliphatic heterocycles. The van der Waals surface area contributed by atoms with Gasteiger partial charge < -0.3 is 4.98 Å². The molecule has 0 saturated carbocycles. The second-order valence-electron chi connectivity index (χ2n) is 2.14. The van der Waals surface area contributed by atoms with E-state index in [1.54, 1.807) is 0 Å². The van der Waals surface area contributed by atoms with Crippen LogP contribution < -0.4 is 0 Å². The van der Waals surface area contributed by atoms with Gasteiger partial charge in [0.2, 0.25) is 0 Å². The Morgan fingerprint density at radius 1 is 1.25 bits per heavy atom. The van der Waals surface area contributed by atoms with E-state index in [1.807, 2.05) is 4.98 Å². The van der Waals surface area contributed by atoms with Crippen LogP contribution in [0.4, 0.5) is 22.0 Å². The van der Waals surface area contributed by atoms with E-state index in [0.29, 0.717) is 12.3 Å². The Balaban J connectivity index is 2.92. The van der Waals surface area contributed by atoms with Gasteiger partial charge in [0.1, 0.15) is 0 Å². The number of hydrogen-bond acceptors (Lipinski definition) is 0. The highest BCUT2D eigenvalue weighted by Crippen LogP contribution is 2.31. The lowest BCUT2D eigenvalue weighted by Crippen LogP contribution is -2.02. The molecule has 0 aliphatic rings. The van der Waals surface area contributed by atoms with Gasteiger partial charge in [-0.05, 0) is 6.07 Å². The number of hydrogen-bond donors (Lipinski definition) is 1. The maximum absolute atomic E-state index is 11.8. The van der Waals surface area contributed by atoms with Crippen LogP contribution in [0.15, 0.2) is 12.3 Å². The highest BCUT2D eigenvalue weighted by molar-refractivity contribution is 5.20. The molecule has 0 fully saturated rings. The predicted molar refractivity (Wildman–Crippen MR) is 30.8 cm³/mol. The van der Waals surface area contributed by atoms with Crippen molar-refractivity contribution in [3.8, 4) is 0 Å². The number of aromatic amines is 1. The zero-order valence-electron chi connectivity index (χ0n) is 5.62. The van der Waals surface area contributed by atoms with Crippen molar-refractivity contribution in [1.29, 1.82) is 0 Å². The molecular weight excluding hydrogens is 181 g/mol. The molecule has 1 aromatic heterocycles. The number of H-pyrrole nitrogens is 1. The van der Waals surface area contributed by atoms with E-state index in [9.17, 15) is 22.0 Å². The minimum absolute atomic E-state index is 0.394. The lowest BCUT2D eigenvalue weighted by molar-refractivity contribution is -0.137. The third-order valence-corrected chi connectivity index (χ3v) is 1.27. The fraction of sp³-hybridized carbons (Fsp3) is 0.333. The quantitative estimate of drug-likeness (QED) is 0.647. The van der Waals surface area contributed by atoms with Crippen LogP contribution in [0.3, 0.4) is 0 Å². The van der Waals surface area contributed by atoms with Crippen LogP contribution in [-0.2, 0) is 6.18 Å². The van der Waals surface area contributed by atoms with Crippen molar-refractivity contribution in [3.63, 3.8) is 0 Å². The summed E-state index contributed by atoms with van der Waals surface area (Å²) in [5, 5.41) is 0. The van der Waals surface area contributed by atoms with Crippen LogP contribution in [-0.4, -0.2) is 4.98 Å². The molecule has 1 N–H and O–H groups in total.